The van der Waals surface area contributed by atoms with E-state index in [-0.39, 0.29) is 23.7 Å². The van der Waals surface area contributed by atoms with Crippen molar-refractivity contribution in [1.29, 1.82) is 5.26 Å². The second-order valence-corrected chi connectivity index (χ2v) is 7.39. The van der Waals surface area contributed by atoms with Crippen LogP contribution in [0.15, 0.2) is 78.9 Å². The number of hydrogen-bond acceptors (Lipinski definition) is 6. The minimum absolute atomic E-state index is 0.0213. The molecule has 0 spiro atoms. The minimum Gasteiger partial charge on any atom is -0.488 e. The second kappa shape index (κ2) is 9.20. The number of para-hydroxylation sites is 1. The van der Waals surface area contributed by atoms with Crippen molar-refractivity contribution in [2.45, 2.75) is 13.5 Å². The summed E-state index contributed by atoms with van der Waals surface area (Å²) in [5.41, 5.74) is 11.0. The van der Waals surface area contributed by atoms with Crippen molar-refractivity contribution in [3.05, 3.63) is 106 Å². The summed E-state index contributed by atoms with van der Waals surface area (Å²) in [5.74, 6) is 0.726. The van der Waals surface area contributed by atoms with Crippen molar-refractivity contribution in [1.82, 2.24) is 4.98 Å². The number of non-ortho nitro benzene ring substituents is 1. The van der Waals surface area contributed by atoms with Gasteiger partial charge >= 0.3 is 0 Å². The summed E-state index contributed by atoms with van der Waals surface area (Å²) in [7, 11) is 0. The quantitative estimate of drug-likeness (QED) is 0.308. The van der Waals surface area contributed by atoms with E-state index < -0.39 is 4.92 Å². The van der Waals surface area contributed by atoms with Crippen LogP contribution in [-0.2, 0) is 6.61 Å². The maximum Gasteiger partial charge on any atom is 0.269 e. The molecule has 33 heavy (non-hydrogen) atoms. The van der Waals surface area contributed by atoms with Crippen molar-refractivity contribution < 1.29 is 9.66 Å². The summed E-state index contributed by atoms with van der Waals surface area (Å²) in [6.45, 7) is 2.07. The maximum atomic E-state index is 10.9. The highest BCUT2D eigenvalue weighted by Crippen LogP contribution is 2.42. The number of anilines is 1. The molecule has 162 valence electrons. The fourth-order valence-corrected chi connectivity index (χ4v) is 3.74. The molecule has 0 aliphatic heterocycles. The lowest BCUT2D eigenvalue weighted by atomic mass is 9.89. The van der Waals surface area contributed by atoms with Crippen LogP contribution in [-0.4, -0.2) is 9.91 Å². The van der Waals surface area contributed by atoms with Crippen molar-refractivity contribution in [2.75, 3.05) is 5.73 Å². The first-order chi connectivity index (χ1) is 16.0. The smallest absolute Gasteiger partial charge is 0.269 e. The zero-order valence-corrected chi connectivity index (χ0v) is 17.9. The summed E-state index contributed by atoms with van der Waals surface area (Å²) in [6, 6.07) is 25.5. The van der Waals surface area contributed by atoms with Crippen LogP contribution in [0.2, 0.25) is 0 Å². The molecule has 0 saturated heterocycles. The number of nitro groups is 1. The third-order valence-corrected chi connectivity index (χ3v) is 5.28. The lowest BCUT2D eigenvalue weighted by Crippen LogP contribution is -2.04. The van der Waals surface area contributed by atoms with Gasteiger partial charge in [0, 0.05) is 34.5 Å². The zero-order chi connectivity index (χ0) is 23.4. The minimum atomic E-state index is -0.440. The molecule has 0 amide bonds. The van der Waals surface area contributed by atoms with Gasteiger partial charge in [0.05, 0.1) is 4.92 Å². The molecule has 2 N–H and O–H groups in total. The zero-order valence-electron chi connectivity index (χ0n) is 17.9. The van der Waals surface area contributed by atoms with Gasteiger partial charge in [0.2, 0.25) is 0 Å². The summed E-state index contributed by atoms with van der Waals surface area (Å²) in [4.78, 5) is 14.9. The Bertz CT molecular complexity index is 1360. The Morgan fingerprint density at radius 2 is 1.67 bits per heavy atom. The molecule has 7 nitrogen and oxygen atoms in total. The Morgan fingerprint density at radius 1 is 1.00 bits per heavy atom. The number of benzene rings is 3. The van der Waals surface area contributed by atoms with E-state index in [0.29, 0.717) is 22.6 Å². The molecule has 3 aromatic carbocycles. The van der Waals surface area contributed by atoms with Gasteiger partial charge in [-0.3, -0.25) is 10.1 Å². The first-order valence-corrected chi connectivity index (χ1v) is 10.2. The summed E-state index contributed by atoms with van der Waals surface area (Å²) >= 11 is 0. The highest BCUT2D eigenvalue weighted by molar-refractivity contribution is 5.93. The molecule has 0 bridgehead atoms. The molecular weight excluding hydrogens is 416 g/mol. The Hall–Kier alpha value is -4.70. The van der Waals surface area contributed by atoms with Gasteiger partial charge in [-0.25, -0.2) is 4.98 Å². The number of rotatable bonds is 6. The largest absolute Gasteiger partial charge is 0.488 e. The van der Waals surface area contributed by atoms with Crippen LogP contribution in [0.25, 0.3) is 22.3 Å². The number of nitro benzene ring substituents is 1. The van der Waals surface area contributed by atoms with E-state index in [1.807, 2.05) is 61.5 Å². The molecule has 4 rings (SSSR count). The first kappa shape index (κ1) is 21.5. The lowest BCUT2D eigenvalue weighted by molar-refractivity contribution is -0.384. The van der Waals surface area contributed by atoms with E-state index in [9.17, 15) is 15.4 Å². The van der Waals surface area contributed by atoms with Gasteiger partial charge in [-0.15, -0.1) is 0 Å². The van der Waals surface area contributed by atoms with Crippen LogP contribution < -0.4 is 10.5 Å². The van der Waals surface area contributed by atoms with Crippen molar-refractivity contribution in [2.24, 2.45) is 0 Å². The summed E-state index contributed by atoms with van der Waals surface area (Å²) in [6.07, 6.45) is 0. The molecule has 0 fully saturated rings. The van der Waals surface area contributed by atoms with E-state index in [0.717, 1.165) is 16.7 Å². The van der Waals surface area contributed by atoms with E-state index in [4.69, 9.17) is 10.5 Å². The summed E-state index contributed by atoms with van der Waals surface area (Å²) < 4.78 is 6.11. The SMILES string of the molecule is Cc1nc(N)c(C#N)c(-c2ccccc2OCc2ccc([N+](=O)[O-])cc2)c1-c1ccccc1. The number of nitriles is 1. The van der Waals surface area contributed by atoms with E-state index >= 15 is 0 Å². The molecule has 0 saturated carbocycles. The van der Waals surface area contributed by atoms with E-state index in [2.05, 4.69) is 11.1 Å². The molecule has 4 aromatic rings. The Kier molecular flexibility index (Phi) is 6.00. The number of nitrogens with zero attached hydrogens (tertiary/aromatic N) is 3. The van der Waals surface area contributed by atoms with Crippen LogP contribution in [0.5, 0.6) is 5.75 Å². The molecule has 0 aliphatic carbocycles. The van der Waals surface area contributed by atoms with Crippen LogP contribution in [0.3, 0.4) is 0 Å². The highest BCUT2D eigenvalue weighted by Gasteiger charge is 2.22. The van der Waals surface area contributed by atoms with Crippen LogP contribution in [0.4, 0.5) is 11.5 Å². The predicted molar refractivity (Wildman–Crippen MR) is 126 cm³/mol. The predicted octanol–water partition coefficient (Wildman–Crippen LogP) is 5.67. The number of aryl methyl sites for hydroxylation is 1. The number of pyridine rings is 1. The fourth-order valence-electron chi connectivity index (χ4n) is 3.74. The molecule has 0 radical (unpaired) electrons. The van der Waals surface area contributed by atoms with Gasteiger partial charge in [0.25, 0.3) is 5.69 Å². The van der Waals surface area contributed by atoms with Crippen molar-refractivity contribution >= 4 is 11.5 Å². The molecule has 1 aromatic heterocycles. The average Bonchev–Trinajstić information content (AvgIpc) is 2.83. The molecular formula is C26H20N4O3. The molecule has 0 atom stereocenters. The first-order valence-electron chi connectivity index (χ1n) is 10.2. The van der Waals surface area contributed by atoms with E-state index in [1.165, 1.54) is 12.1 Å². The topological polar surface area (TPSA) is 115 Å². The average molecular weight is 436 g/mol. The van der Waals surface area contributed by atoms with Gasteiger partial charge in [-0.1, -0.05) is 48.5 Å². The monoisotopic (exact) mass is 436 g/mol. The molecule has 7 heteroatoms. The van der Waals surface area contributed by atoms with Gasteiger partial charge in [0.1, 0.15) is 29.8 Å². The number of nitrogens with two attached hydrogens (primary N) is 1. The van der Waals surface area contributed by atoms with Crippen LogP contribution >= 0.6 is 0 Å². The number of aromatic nitrogens is 1. The number of ether oxygens (including phenoxy) is 1. The van der Waals surface area contributed by atoms with Gasteiger partial charge in [-0.05, 0) is 36.2 Å². The highest BCUT2D eigenvalue weighted by atomic mass is 16.6. The molecule has 0 unspecified atom stereocenters. The van der Waals surface area contributed by atoms with E-state index in [1.54, 1.807) is 12.1 Å². The van der Waals surface area contributed by atoms with Gasteiger partial charge in [-0.2, -0.15) is 5.26 Å². The van der Waals surface area contributed by atoms with Gasteiger partial charge in [0.15, 0.2) is 0 Å². The fraction of sp³-hybridized carbons (Fsp3) is 0.0769. The summed E-state index contributed by atoms with van der Waals surface area (Å²) in [5, 5.41) is 20.8. The maximum absolute atomic E-state index is 10.9. The second-order valence-electron chi connectivity index (χ2n) is 7.39. The Morgan fingerprint density at radius 3 is 2.33 bits per heavy atom. The van der Waals surface area contributed by atoms with Crippen LogP contribution in [0.1, 0.15) is 16.8 Å². The Balaban J connectivity index is 1.81. The van der Waals surface area contributed by atoms with Gasteiger partial charge < -0.3 is 10.5 Å². The molecule has 1 heterocycles. The third-order valence-electron chi connectivity index (χ3n) is 5.28. The lowest BCUT2D eigenvalue weighted by Gasteiger charge is -2.19. The van der Waals surface area contributed by atoms with Crippen LogP contribution in [0, 0.1) is 28.4 Å². The standard InChI is InChI=1S/C26H20N4O3/c1-17-24(19-7-3-2-4-8-19)25(22(15-27)26(28)29-17)21-9-5-6-10-23(21)33-16-18-11-13-20(14-12-18)30(31)32/h2-14H,16H2,1H3,(H2,28,29). The van der Waals surface area contributed by atoms with Crippen molar-refractivity contribution in [3.63, 3.8) is 0 Å². The number of nitrogen functional groups attached to an aromatic ring is 1. The normalized spacial score (nSPS) is 10.4. The Labute approximate surface area is 190 Å². The third kappa shape index (κ3) is 4.36. The molecule has 0 aliphatic rings. The number of hydrogen-bond donors (Lipinski definition) is 1. The van der Waals surface area contributed by atoms with Crippen molar-refractivity contribution in [3.8, 4) is 34.1 Å².